The maximum Gasteiger partial charge on any atom is 0.308 e. The fourth-order valence-corrected chi connectivity index (χ4v) is 1.22. The molecule has 3 heteroatoms. The van der Waals surface area contributed by atoms with Gasteiger partial charge in [-0.05, 0) is 12.5 Å². The first-order chi connectivity index (χ1) is 7.54. The first-order valence-electron chi connectivity index (χ1n) is 5.30. The summed E-state index contributed by atoms with van der Waals surface area (Å²) in [5.74, 6) is -0.344. The predicted molar refractivity (Wildman–Crippen MR) is 61.2 cm³/mol. The number of carbonyl (C=O) groups is 2. The van der Waals surface area contributed by atoms with Gasteiger partial charge in [-0.3, -0.25) is 9.59 Å². The summed E-state index contributed by atoms with van der Waals surface area (Å²) < 4.78 is 5.24. The third-order valence-corrected chi connectivity index (χ3v) is 2.31. The summed E-state index contributed by atoms with van der Waals surface area (Å²) in [6.45, 7) is 5.41. The van der Waals surface area contributed by atoms with E-state index in [2.05, 4.69) is 0 Å². The van der Waals surface area contributed by atoms with Crippen molar-refractivity contribution < 1.29 is 14.3 Å². The Kier molecular flexibility index (Phi) is 4.23. The summed E-state index contributed by atoms with van der Waals surface area (Å²) in [5, 5.41) is 0. The van der Waals surface area contributed by atoms with Crippen molar-refractivity contribution in [2.24, 2.45) is 5.92 Å². The van der Waals surface area contributed by atoms with Crippen molar-refractivity contribution in [2.45, 2.75) is 26.9 Å². The Labute approximate surface area is 95.4 Å². The monoisotopic (exact) mass is 220 g/mol. The van der Waals surface area contributed by atoms with Gasteiger partial charge in [0.1, 0.15) is 12.4 Å². The number of aldehydes is 1. The van der Waals surface area contributed by atoms with Crippen LogP contribution in [0, 0.1) is 5.92 Å². The molecule has 0 aliphatic carbocycles. The predicted octanol–water partition coefficient (Wildman–Crippen LogP) is 2.76. The second-order valence-electron chi connectivity index (χ2n) is 4.02. The zero-order valence-electron chi connectivity index (χ0n) is 9.77. The molecule has 16 heavy (non-hydrogen) atoms. The molecular formula is C13H16O3. The number of hydrogen-bond acceptors (Lipinski definition) is 3. The molecule has 0 fully saturated rings. The van der Waals surface area contributed by atoms with Crippen molar-refractivity contribution >= 4 is 12.3 Å². The molecule has 0 unspecified atom stereocenters. The van der Waals surface area contributed by atoms with Crippen LogP contribution in [-0.2, 0) is 9.53 Å². The number of benzene rings is 1. The Hall–Kier alpha value is -1.64. The van der Waals surface area contributed by atoms with Gasteiger partial charge >= 0.3 is 5.97 Å². The van der Waals surface area contributed by atoms with Crippen LogP contribution in [0.25, 0.3) is 0 Å². The second-order valence-corrected chi connectivity index (χ2v) is 4.02. The highest BCUT2D eigenvalue weighted by molar-refractivity contribution is 5.74. The Bertz CT molecular complexity index is 365. The van der Waals surface area contributed by atoms with E-state index in [1.807, 2.05) is 6.92 Å². The van der Waals surface area contributed by atoms with Gasteiger partial charge < -0.3 is 4.74 Å². The maximum absolute atomic E-state index is 11.4. The minimum absolute atomic E-state index is 0.128. The van der Waals surface area contributed by atoms with E-state index >= 15 is 0 Å². The molecule has 1 aromatic rings. The van der Waals surface area contributed by atoms with Gasteiger partial charge in [-0.25, -0.2) is 0 Å². The standard InChI is InChI=1S/C13H16O3/c1-9(2)13(15)16-10(3)12-6-4-11(8-14)5-7-12/h4-10H,1-3H3/t10-/m0/s1. The topological polar surface area (TPSA) is 43.4 Å². The van der Waals surface area contributed by atoms with Gasteiger partial charge in [0, 0.05) is 5.56 Å². The van der Waals surface area contributed by atoms with E-state index in [1.165, 1.54) is 0 Å². The summed E-state index contributed by atoms with van der Waals surface area (Å²) in [5.41, 5.74) is 1.51. The van der Waals surface area contributed by atoms with Crippen molar-refractivity contribution in [1.82, 2.24) is 0 Å². The van der Waals surface area contributed by atoms with Gasteiger partial charge in [-0.1, -0.05) is 38.1 Å². The number of rotatable bonds is 4. The molecule has 0 spiro atoms. The fourth-order valence-electron chi connectivity index (χ4n) is 1.22. The molecule has 0 aliphatic heterocycles. The lowest BCUT2D eigenvalue weighted by atomic mass is 10.1. The molecule has 1 aromatic carbocycles. The molecule has 1 rings (SSSR count). The quantitative estimate of drug-likeness (QED) is 0.579. The van der Waals surface area contributed by atoms with Crippen LogP contribution in [0.3, 0.4) is 0 Å². The van der Waals surface area contributed by atoms with Crippen LogP contribution in [-0.4, -0.2) is 12.3 Å². The van der Waals surface area contributed by atoms with Gasteiger partial charge in [-0.2, -0.15) is 0 Å². The Morgan fingerprint density at radius 3 is 2.19 bits per heavy atom. The van der Waals surface area contributed by atoms with Gasteiger partial charge in [0.05, 0.1) is 5.92 Å². The molecule has 3 nitrogen and oxygen atoms in total. The molecule has 1 atom stereocenters. The summed E-state index contributed by atoms with van der Waals surface area (Å²) in [4.78, 5) is 21.8. The molecule has 0 heterocycles. The summed E-state index contributed by atoms with van der Waals surface area (Å²) in [7, 11) is 0. The van der Waals surface area contributed by atoms with Crippen LogP contribution in [0.4, 0.5) is 0 Å². The number of carbonyl (C=O) groups excluding carboxylic acids is 2. The van der Waals surface area contributed by atoms with Crippen LogP contribution in [0.15, 0.2) is 24.3 Å². The molecule has 0 amide bonds. The van der Waals surface area contributed by atoms with E-state index in [-0.39, 0.29) is 18.0 Å². The molecular weight excluding hydrogens is 204 g/mol. The smallest absolute Gasteiger partial charge is 0.308 e. The molecule has 86 valence electrons. The summed E-state index contributed by atoms with van der Waals surface area (Å²) in [6, 6.07) is 7.01. The van der Waals surface area contributed by atoms with Crippen LogP contribution >= 0.6 is 0 Å². The van der Waals surface area contributed by atoms with Crippen molar-refractivity contribution in [1.29, 1.82) is 0 Å². The van der Waals surface area contributed by atoms with Gasteiger partial charge in [0.2, 0.25) is 0 Å². The molecule has 0 bridgehead atoms. The lowest BCUT2D eigenvalue weighted by molar-refractivity contribution is -0.152. The van der Waals surface area contributed by atoms with E-state index in [1.54, 1.807) is 38.1 Å². The van der Waals surface area contributed by atoms with Crippen LogP contribution in [0.2, 0.25) is 0 Å². The first kappa shape index (κ1) is 12.4. The van der Waals surface area contributed by atoms with Crippen LogP contribution in [0.1, 0.15) is 42.8 Å². The average Bonchev–Trinajstić information content (AvgIpc) is 2.28. The van der Waals surface area contributed by atoms with E-state index in [4.69, 9.17) is 4.74 Å². The van der Waals surface area contributed by atoms with E-state index in [0.717, 1.165) is 11.8 Å². The van der Waals surface area contributed by atoms with Crippen molar-refractivity contribution in [3.8, 4) is 0 Å². The zero-order chi connectivity index (χ0) is 12.1. The lowest BCUT2D eigenvalue weighted by Gasteiger charge is -2.15. The largest absolute Gasteiger partial charge is 0.458 e. The minimum atomic E-state index is -0.282. The molecule has 0 radical (unpaired) electrons. The fraction of sp³-hybridized carbons (Fsp3) is 0.385. The number of hydrogen-bond donors (Lipinski definition) is 0. The Morgan fingerprint density at radius 1 is 1.19 bits per heavy atom. The van der Waals surface area contributed by atoms with Crippen LogP contribution < -0.4 is 0 Å². The molecule has 0 aliphatic rings. The molecule has 0 saturated carbocycles. The van der Waals surface area contributed by atoms with E-state index in [9.17, 15) is 9.59 Å². The maximum atomic E-state index is 11.4. The van der Waals surface area contributed by atoms with E-state index in [0.29, 0.717) is 5.56 Å². The lowest BCUT2D eigenvalue weighted by Crippen LogP contribution is -2.14. The van der Waals surface area contributed by atoms with Crippen LogP contribution in [0.5, 0.6) is 0 Å². The number of esters is 1. The highest BCUT2D eigenvalue weighted by Gasteiger charge is 2.14. The van der Waals surface area contributed by atoms with E-state index < -0.39 is 0 Å². The number of ether oxygens (including phenoxy) is 1. The molecule has 0 saturated heterocycles. The minimum Gasteiger partial charge on any atom is -0.458 e. The Morgan fingerprint density at radius 2 is 1.75 bits per heavy atom. The highest BCUT2D eigenvalue weighted by atomic mass is 16.5. The van der Waals surface area contributed by atoms with Gasteiger partial charge in [0.25, 0.3) is 0 Å². The van der Waals surface area contributed by atoms with Crippen molar-refractivity contribution in [3.05, 3.63) is 35.4 Å². The normalized spacial score (nSPS) is 12.2. The molecule has 0 N–H and O–H groups in total. The summed E-state index contributed by atoms with van der Waals surface area (Å²) in [6.07, 6.45) is 0.504. The second kappa shape index (κ2) is 5.45. The van der Waals surface area contributed by atoms with Crippen molar-refractivity contribution in [2.75, 3.05) is 0 Å². The Balaban J connectivity index is 2.69. The van der Waals surface area contributed by atoms with Gasteiger partial charge in [0.15, 0.2) is 0 Å². The first-order valence-corrected chi connectivity index (χ1v) is 5.30. The van der Waals surface area contributed by atoms with Crippen molar-refractivity contribution in [3.63, 3.8) is 0 Å². The molecule has 0 aromatic heterocycles. The summed E-state index contributed by atoms with van der Waals surface area (Å²) >= 11 is 0. The third-order valence-electron chi connectivity index (χ3n) is 2.31. The average molecular weight is 220 g/mol. The SMILES string of the molecule is CC(C)C(=O)O[C@@H](C)c1ccc(C=O)cc1. The van der Waals surface area contributed by atoms with Gasteiger partial charge in [-0.15, -0.1) is 0 Å². The third kappa shape index (κ3) is 3.19. The highest BCUT2D eigenvalue weighted by Crippen LogP contribution is 2.18. The zero-order valence-corrected chi connectivity index (χ0v) is 9.77.